The highest BCUT2D eigenvalue weighted by Crippen LogP contribution is 2.17. The van der Waals surface area contributed by atoms with Crippen LogP contribution in [0.3, 0.4) is 0 Å². The molecule has 1 aliphatic rings. The Hall–Kier alpha value is -2.08. The molecule has 3 amide bonds. The maximum Gasteiger partial charge on any atom is 0.322 e. The molecule has 0 bridgehead atoms. The monoisotopic (exact) mass is 277 g/mol. The van der Waals surface area contributed by atoms with E-state index in [4.69, 9.17) is 0 Å². The van der Waals surface area contributed by atoms with Crippen molar-refractivity contribution < 1.29 is 14.7 Å². The standard InChI is InChI=1S/C14H19N3O3/c1-10(18)11-4-3-5-12(8-11)15-14(20)17-7-6-16(2)13(19)9-17/h3-5,8,10,18H,6-7,9H2,1-2H3,(H,15,20). The van der Waals surface area contributed by atoms with E-state index in [-0.39, 0.29) is 18.5 Å². The molecule has 0 aliphatic carbocycles. The zero-order valence-electron chi connectivity index (χ0n) is 11.7. The molecule has 1 atom stereocenters. The van der Waals surface area contributed by atoms with E-state index < -0.39 is 6.10 Å². The number of aliphatic hydroxyl groups is 1. The Balaban J connectivity index is 2.01. The summed E-state index contributed by atoms with van der Waals surface area (Å²) >= 11 is 0. The number of urea groups is 1. The summed E-state index contributed by atoms with van der Waals surface area (Å²) in [7, 11) is 1.73. The molecular formula is C14H19N3O3. The maximum atomic E-state index is 12.1. The summed E-state index contributed by atoms with van der Waals surface area (Å²) in [6, 6.07) is 6.74. The minimum absolute atomic E-state index is 0.0656. The summed E-state index contributed by atoms with van der Waals surface area (Å²) in [6.07, 6.45) is -0.586. The summed E-state index contributed by atoms with van der Waals surface area (Å²) < 4.78 is 0. The van der Waals surface area contributed by atoms with Crippen LogP contribution >= 0.6 is 0 Å². The molecule has 1 aliphatic heterocycles. The van der Waals surface area contributed by atoms with Crippen molar-refractivity contribution >= 4 is 17.6 Å². The highest BCUT2D eigenvalue weighted by molar-refractivity contribution is 5.93. The molecule has 2 rings (SSSR count). The third-order valence-electron chi connectivity index (χ3n) is 3.36. The molecule has 1 saturated heterocycles. The van der Waals surface area contributed by atoms with E-state index in [1.165, 1.54) is 4.90 Å². The number of carbonyl (C=O) groups excluding carboxylic acids is 2. The number of amides is 3. The van der Waals surface area contributed by atoms with Crippen LogP contribution in [0.25, 0.3) is 0 Å². The van der Waals surface area contributed by atoms with Crippen LogP contribution in [0.2, 0.25) is 0 Å². The fourth-order valence-corrected chi connectivity index (χ4v) is 2.01. The third kappa shape index (κ3) is 3.27. The van der Waals surface area contributed by atoms with E-state index >= 15 is 0 Å². The van der Waals surface area contributed by atoms with Gasteiger partial charge in [-0.2, -0.15) is 0 Å². The van der Waals surface area contributed by atoms with Crippen LogP contribution in [0.4, 0.5) is 10.5 Å². The summed E-state index contributed by atoms with van der Waals surface area (Å²) in [4.78, 5) is 26.8. The number of piperazine rings is 1. The number of nitrogens with one attached hydrogen (secondary N) is 1. The fraction of sp³-hybridized carbons (Fsp3) is 0.429. The number of benzene rings is 1. The number of nitrogens with zero attached hydrogens (tertiary/aromatic N) is 2. The lowest BCUT2D eigenvalue weighted by atomic mass is 10.1. The van der Waals surface area contributed by atoms with Crippen molar-refractivity contribution in [3.05, 3.63) is 29.8 Å². The predicted octanol–water partition coefficient (Wildman–Crippen LogP) is 1.05. The van der Waals surface area contributed by atoms with Gasteiger partial charge >= 0.3 is 6.03 Å². The minimum Gasteiger partial charge on any atom is -0.389 e. The molecule has 2 N–H and O–H groups in total. The summed E-state index contributed by atoms with van der Waals surface area (Å²) in [5.41, 5.74) is 1.34. The van der Waals surface area contributed by atoms with Gasteiger partial charge in [-0.05, 0) is 24.6 Å². The van der Waals surface area contributed by atoms with Gasteiger partial charge in [0.15, 0.2) is 0 Å². The van der Waals surface area contributed by atoms with Gasteiger partial charge in [0.2, 0.25) is 5.91 Å². The van der Waals surface area contributed by atoms with E-state index in [2.05, 4.69) is 5.32 Å². The predicted molar refractivity (Wildman–Crippen MR) is 75.3 cm³/mol. The lowest BCUT2D eigenvalue weighted by Gasteiger charge is -2.31. The van der Waals surface area contributed by atoms with Crippen LogP contribution < -0.4 is 5.32 Å². The summed E-state index contributed by atoms with van der Waals surface area (Å²) in [6.45, 7) is 2.82. The van der Waals surface area contributed by atoms with Gasteiger partial charge in [-0.3, -0.25) is 4.79 Å². The molecule has 1 unspecified atom stereocenters. The van der Waals surface area contributed by atoms with Crippen molar-refractivity contribution in [3.8, 4) is 0 Å². The van der Waals surface area contributed by atoms with Crippen LogP contribution in [0.1, 0.15) is 18.6 Å². The number of hydrogen-bond acceptors (Lipinski definition) is 3. The SMILES string of the molecule is CC(O)c1cccc(NC(=O)N2CCN(C)C(=O)C2)c1. The smallest absolute Gasteiger partial charge is 0.322 e. The molecule has 20 heavy (non-hydrogen) atoms. The van der Waals surface area contributed by atoms with Gasteiger partial charge in [-0.25, -0.2) is 4.79 Å². The summed E-state index contributed by atoms with van der Waals surface area (Å²) in [5.74, 6) is -0.0656. The zero-order valence-corrected chi connectivity index (χ0v) is 11.7. The molecule has 108 valence electrons. The van der Waals surface area contributed by atoms with E-state index in [1.807, 2.05) is 0 Å². The first kappa shape index (κ1) is 14.3. The molecular weight excluding hydrogens is 258 g/mol. The van der Waals surface area contributed by atoms with Crippen molar-refractivity contribution in [1.82, 2.24) is 9.80 Å². The van der Waals surface area contributed by atoms with Crippen LogP contribution in [0.15, 0.2) is 24.3 Å². The summed E-state index contributed by atoms with van der Waals surface area (Å²) in [5, 5.41) is 12.3. The molecule has 6 heteroatoms. The number of rotatable bonds is 2. The van der Waals surface area contributed by atoms with Crippen molar-refractivity contribution in [2.75, 3.05) is 32.0 Å². The Morgan fingerprint density at radius 2 is 2.15 bits per heavy atom. The number of likely N-dealkylation sites (N-methyl/N-ethyl adjacent to an activating group) is 1. The first-order valence-corrected chi connectivity index (χ1v) is 6.55. The Bertz CT molecular complexity index is 516. The first-order valence-electron chi connectivity index (χ1n) is 6.55. The van der Waals surface area contributed by atoms with Gasteiger partial charge < -0.3 is 20.2 Å². The van der Waals surface area contributed by atoms with E-state index in [0.29, 0.717) is 18.8 Å². The van der Waals surface area contributed by atoms with Gasteiger partial charge in [-0.15, -0.1) is 0 Å². The average molecular weight is 277 g/mol. The Morgan fingerprint density at radius 3 is 2.80 bits per heavy atom. The van der Waals surface area contributed by atoms with Gasteiger partial charge in [0.05, 0.1) is 6.10 Å². The normalized spacial score (nSPS) is 17.1. The van der Waals surface area contributed by atoms with Gasteiger partial charge in [0.25, 0.3) is 0 Å². The molecule has 0 radical (unpaired) electrons. The largest absolute Gasteiger partial charge is 0.389 e. The maximum absolute atomic E-state index is 12.1. The molecule has 0 spiro atoms. The number of carbonyl (C=O) groups is 2. The topological polar surface area (TPSA) is 72.9 Å². The Morgan fingerprint density at radius 1 is 1.40 bits per heavy atom. The molecule has 0 aromatic heterocycles. The second-order valence-corrected chi connectivity index (χ2v) is 4.97. The van der Waals surface area contributed by atoms with Crippen LogP contribution in [0.5, 0.6) is 0 Å². The molecule has 1 aromatic carbocycles. The fourth-order valence-electron chi connectivity index (χ4n) is 2.01. The molecule has 0 saturated carbocycles. The molecule has 1 fully saturated rings. The average Bonchev–Trinajstić information content (AvgIpc) is 2.42. The van der Waals surface area contributed by atoms with Crippen molar-refractivity contribution in [2.45, 2.75) is 13.0 Å². The van der Waals surface area contributed by atoms with Gasteiger partial charge in [0, 0.05) is 25.8 Å². The third-order valence-corrected chi connectivity index (χ3v) is 3.36. The van der Waals surface area contributed by atoms with E-state index in [9.17, 15) is 14.7 Å². The van der Waals surface area contributed by atoms with Gasteiger partial charge in [0.1, 0.15) is 6.54 Å². The van der Waals surface area contributed by atoms with Crippen molar-refractivity contribution in [2.24, 2.45) is 0 Å². The van der Waals surface area contributed by atoms with Crippen molar-refractivity contribution in [1.29, 1.82) is 0 Å². The lowest BCUT2D eigenvalue weighted by Crippen LogP contribution is -2.51. The van der Waals surface area contributed by atoms with E-state index in [1.54, 1.807) is 43.1 Å². The first-order chi connectivity index (χ1) is 9.47. The Kier molecular flexibility index (Phi) is 4.24. The minimum atomic E-state index is -0.586. The highest BCUT2D eigenvalue weighted by Gasteiger charge is 2.24. The van der Waals surface area contributed by atoms with Gasteiger partial charge in [-0.1, -0.05) is 12.1 Å². The quantitative estimate of drug-likeness (QED) is 0.848. The van der Waals surface area contributed by atoms with E-state index in [0.717, 1.165) is 5.56 Å². The second kappa shape index (κ2) is 5.92. The highest BCUT2D eigenvalue weighted by atomic mass is 16.3. The number of anilines is 1. The van der Waals surface area contributed by atoms with Crippen LogP contribution in [0, 0.1) is 0 Å². The van der Waals surface area contributed by atoms with Crippen LogP contribution in [-0.4, -0.2) is 53.5 Å². The number of aliphatic hydroxyl groups excluding tert-OH is 1. The molecule has 6 nitrogen and oxygen atoms in total. The molecule has 1 aromatic rings. The second-order valence-electron chi connectivity index (χ2n) is 4.97. The zero-order chi connectivity index (χ0) is 14.7. The van der Waals surface area contributed by atoms with Crippen molar-refractivity contribution in [3.63, 3.8) is 0 Å². The number of hydrogen-bond donors (Lipinski definition) is 2. The molecule has 1 heterocycles. The lowest BCUT2D eigenvalue weighted by molar-refractivity contribution is -0.133. The Labute approximate surface area is 118 Å². The van der Waals surface area contributed by atoms with Crippen LogP contribution in [-0.2, 0) is 4.79 Å².